The van der Waals surface area contributed by atoms with Gasteiger partial charge in [0, 0.05) is 39.1 Å². The van der Waals surface area contributed by atoms with Gasteiger partial charge in [-0.3, -0.25) is 14.2 Å². The lowest BCUT2D eigenvalue weighted by Gasteiger charge is -2.31. The van der Waals surface area contributed by atoms with Crippen molar-refractivity contribution in [3.63, 3.8) is 0 Å². The summed E-state index contributed by atoms with van der Waals surface area (Å²) in [5.74, 6) is -0.0376. The molecule has 1 N–H and O–H groups in total. The van der Waals surface area contributed by atoms with E-state index in [1.165, 1.54) is 40.5 Å². The molecule has 2 aromatic carbocycles. The molecule has 35 heavy (non-hydrogen) atoms. The number of aryl methyl sites for hydroxylation is 2. The molecule has 0 aliphatic carbocycles. The predicted octanol–water partition coefficient (Wildman–Crippen LogP) is 1.68. The van der Waals surface area contributed by atoms with E-state index in [2.05, 4.69) is 15.2 Å². The number of piperazine rings is 1. The minimum atomic E-state index is -3.71. The molecule has 1 aromatic heterocycles. The number of anilines is 1. The first-order valence-electron chi connectivity index (χ1n) is 11.3. The average molecular weight is 500 g/mol. The van der Waals surface area contributed by atoms with Crippen molar-refractivity contribution in [1.82, 2.24) is 18.8 Å². The van der Waals surface area contributed by atoms with Crippen LogP contribution in [0.25, 0.3) is 10.9 Å². The number of carbonyl (C=O) groups excluding carboxylic acids is 1. The number of likely N-dealkylation sites (N-methyl/N-ethyl adjacent to an activating group) is 1. The van der Waals surface area contributed by atoms with E-state index in [9.17, 15) is 18.0 Å². The summed E-state index contributed by atoms with van der Waals surface area (Å²) in [5.41, 5.74) is 1.58. The minimum absolute atomic E-state index is 0.00248. The highest BCUT2D eigenvalue weighted by Gasteiger charge is 2.28. The molecule has 186 valence electrons. The van der Waals surface area contributed by atoms with Crippen LogP contribution in [0.3, 0.4) is 0 Å². The molecule has 0 unspecified atom stereocenters. The molecule has 1 fully saturated rings. The molecular weight excluding hydrogens is 470 g/mol. The second kappa shape index (κ2) is 10.1. The van der Waals surface area contributed by atoms with Crippen LogP contribution >= 0.6 is 0 Å². The molecule has 11 heteroatoms. The number of nitrogens with zero attached hydrogens (tertiary/aromatic N) is 4. The number of ether oxygens (including phenoxy) is 1. The number of sulfonamides is 1. The molecule has 1 saturated heterocycles. The fourth-order valence-electron chi connectivity index (χ4n) is 4.05. The minimum Gasteiger partial charge on any atom is -0.495 e. The van der Waals surface area contributed by atoms with Crippen molar-refractivity contribution >= 4 is 32.5 Å². The van der Waals surface area contributed by atoms with Crippen LogP contribution in [0.5, 0.6) is 5.75 Å². The maximum Gasteiger partial charge on any atom is 0.261 e. The van der Waals surface area contributed by atoms with Crippen LogP contribution in [0, 0.1) is 6.92 Å². The second-order valence-corrected chi connectivity index (χ2v) is 10.5. The zero-order valence-electron chi connectivity index (χ0n) is 20.0. The maximum atomic E-state index is 13.1. The average Bonchev–Trinajstić information content (AvgIpc) is 2.84. The highest BCUT2D eigenvalue weighted by molar-refractivity contribution is 7.89. The van der Waals surface area contributed by atoms with E-state index in [4.69, 9.17) is 4.74 Å². The van der Waals surface area contributed by atoms with Crippen LogP contribution in [-0.2, 0) is 21.4 Å². The van der Waals surface area contributed by atoms with E-state index >= 15 is 0 Å². The number of methoxy groups -OCH3 is 1. The molecule has 0 atom stereocenters. The Morgan fingerprint density at radius 3 is 2.60 bits per heavy atom. The standard InChI is InChI=1S/C24H29N5O5S/c1-17-5-4-6-19-23(17)25-16-28(24(19)31)10-9-22(30)26-20-15-18(7-8-21(20)34-3)35(32,33)29-13-11-27(2)12-14-29/h4-8,15-16H,9-14H2,1-3H3,(H,26,30). The SMILES string of the molecule is COc1ccc(S(=O)(=O)N2CCN(C)CC2)cc1NC(=O)CCn1cnc2c(C)cccc2c1=O. The van der Waals surface area contributed by atoms with Gasteiger partial charge in [-0.05, 0) is 43.8 Å². The van der Waals surface area contributed by atoms with Gasteiger partial charge in [0.05, 0.1) is 34.9 Å². The summed E-state index contributed by atoms with van der Waals surface area (Å²) in [6.07, 6.45) is 1.44. The quantitative estimate of drug-likeness (QED) is 0.526. The predicted molar refractivity (Wildman–Crippen MR) is 133 cm³/mol. The van der Waals surface area contributed by atoms with Crippen molar-refractivity contribution in [3.8, 4) is 5.75 Å². The lowest BCUT2D eigenvalue weighted by molar-refractivity contribution is -0.116. The Morgan fingerprint density at radius 1 is 1.14 bits per heavy atom. The van der Waals surface area contributed by atoms with Gasteiger partial charge in [-0.15, -0.1) is 0 Å². The van der Waals surface area contributed by atoms with Crippen LogP contribution in [-0.4, -0.2) is 73.4 Å². The number of hydrogen-bond donors (Lipinski definition) is 1. The largest absolute Gasteiger partial charge is 0.495 e. The molecule has 1 amide bonds. The number of fused-ring (bicyclic) bond motifs is 1. The zero-order valence-corrected chi connectivity index (χ0v) is 20.8. The maximum absolute atomic E-state index is 13.1. The summed E-state index contributed by atoms with van der Waals surface area (Å²) in [6.45, 7) is 4.13. The molecule has 0 radical (unpaired) electrons. The number of amides is 1. The fourth-order valence-corrected chi connectivity index (χ4v) is 5.50. The van der Waals surface area contributed by atoms with E-state index in [0.717, 1.165) is 5.56 Å². The molecule has 3 aromatic rings. The van der Waals surface area contributed by atoms with Crippen LogP contribution in [0.2, 0.25) is 0 Å². The Morgan fingerprint density at radius 2 is 1.89 bits per heavy atom. The summed E-state index contributed by atoms with van der Waals surface area (Å²) in [7, 11) is -0.309. The van der Waals surface area contributed by atoms with Crippen molar-refractivity contribution in [2.24, 2.45) is 0 Å². The molecule has 1 aliphatic heterocycles. The van der Waals surface area contributed by atoms with Crippen LogP contribution in [0.15, 0.2) is 52.4 Å². The van der Waals surface area contributed by atoms with Crippen molar-refractivity contribution in [1.29, 1.82) is 0 Å². The van der Waals surface area contributed by atoms with Gasteiger partial charge in [0.15, 0.2) is 0 Å². The van der Waals surface area contributed by atoms with E-state index < -0.39 is 10.0 Å². The van der Waals surface area contributed by atoms with E-state index in [1.54, 1.807) is 12.1 Å². The van der Waals surface area contributed by atoms with Gasteiger partial charge in [0.25, 0.3) is 5.56 Å². The summed E-state index contributed by atoms with van der Waals surface area (Å²) in [5, 5.41) is 3.23. The Labute approximate surface area is 204 Å². The fraction of sp³-hybridized carbons (Fsp3) is 0.375. The highest BCUT2D eigenvalue weighted by atomic mass is 32.2. The lowest BCUT2D eigenvalue weighted by atomic mass is 10.1. The molecular formula is C24H29N5O5S. The van der Waals surface area contributed by atoms with Crippen molar-refractivity contribution in [3.05, 3.63) is 58.6 Å². The van der Waals surface area contributed by atoms with E-state index in [1.807, 2.05) is 20.0 Å². The third-order valence-corrected chi connectivity index (χ3v) is 8.07. The highest BCUT2D eigenvalue weighted by Crippen LogP contribution is 2.29. The number of rotatable bonds is 7. The Bertz CT molecular complexity index is 1410. The second-order valence-electron chi connectivity index (χ2n) is 8.58. The molecule has 0 saturated carbocycles. The summed E-state index contributed by atoms with van der Waals surface area (Å²) in [4.78, 5) is 32.0. The van der Waals surface area contributed by atoms with Crippen molar-refractivity contribution in [2.45, 2.75) is 24.8 Å². The van der Waals surface area contributed by atoms with Gasteiger partial charge >= 0.3 is 0 Å². The Balaban J connectivity index is 1.50. The molecule has 2 heterocycles. The summed E-state index contributed by atoms with van der Waals surface area (Å²) < 4.78 is 34.4. The number of para-hydroxylation sites is 1. The molecule has 10 nitrogen and oxygen atoms in total. The molecule has 0 bridgehead atoms. The molecule has 4 rings (SSSR count). The zero-order chi connectivity index (χ0) is 25.2. The van der Waals surface area contributed by atoms with Crippen molar-refractivity contribution < 1.29 is 17.9 Å². The van der Waals surface area contributed by atoms with Gasteiger partial charge in [0.2, 0.25) is 15.9 Å². The van der Waals surface area contributed by atoms with Crippen LogP contribution in [0.4, 0.5) is 5.69 Å². The summed E-state index contributed by atoms with van der Waals surface area (Å²) in [6, 6.07) is 9.82. The van der Waals surface area contributed by atoms with Gasteiger partial charge in [-0.1, -0.05) is 12.1 Å². The smallest absolute Gasteiger partial charge is 0.261 e. The lowest BCUT2D eigenvalue weighted by Crippen LogP contribution is -2.47. The van der Waals surface area contributed by atoms with Gasteiger partial charge in [-0.25, -0.2) is 13.4 Å². The van der Waals surface area contributed by atoms with Gasteiger partial charge < -0.3 is 15.0 Å². The van der Waals surface area contributed by atoms with Crippen LogP contribution < -0.4 is 15.6 Å². The molecule has 1 aliphatic rings. The number of nitrogens with one attached hydrogen (secondary N) is 1. The third-order valence-electron chi connectivity index (χ3n) is 6.18. The first-order valence-corrected chi connectivity index (χ1v) is 12.8. The monoisotopic (exact) mass is 499 g/mol. The number of aromatic nitrogens is 2. The topological polar surface area (TPSA) is 114 Å². The van der Waals surface area contributed by atoms with Crippen LogP contribution in [0.1, 0.15) is 12.0 Å². The molecule has 0 spiro atoms. The van der Waals surface area contributed by atoms with Gasteiger partial charge in [0.1, 0.15) is 5.75 Å². The van der Waals surface area contributed by atoms with E-state index in [0.29, 0.717) is 42.8 Å². The first-order chi connectivity index (χ1) is 16.7. The van der Waals surface area contributed by atoms with Crippen molar-refractivity contribution in [2.75, 3.05) is 45.7 Å². The summed E-state index contributed by atoms with van der Waals surface area (Å²) >= 11 is 0. The third kappa shape index (κ3) is 5.21. The Hall–Kier alpha value is -3.28. The Kier molecular flexibility index (Phi) is 7.20. The first kappa shape index (κ1) is 24.8. The number of benzene rings is 2. The van der Waals surface area contributed by atoms with E-state index in [-0.39, 0.29) is 35.0 Å². The number of hydrogen-bond acceptors (Lipinski definition) is 7. The number of carbonyl (C=O) groups is 1. The normalized spacial score (nSPS) is 15.3. The van der Waals surface area contributed by atoms with Gasteiger partial charge in [-0.2, -0.15) is 4.31 Å².